The van der Waals surface area contributed by atoms with Gasteiger partial charge in [0.1, 0.15) is 0 Å². The van der Waals surface area contributed by atoms with E-state index in [-0.39, 0.29) is 5.54 Å². The molecule has 140 valence electrons. The first-order valence-corrected chi connectivity index (χ1v) is 9.77. The maximum absolute atomic E-state index is 5.89. The standard InChI is InChI=1S/C21H36N4/c1-21(2,3)24-20(22)23-13-7-8-14-25-15-11-19(12-16-25)17-18-9-5-4-6-10-18/h4-6,9-10,19H,7-8,11-17H2,1-3H3,(H3,22,23,24). The van der Waals surface area contributed by atoms with Crippen LogP contribution in [0.15, 0.2) is 35.3 Å². The zero-order valence-corrected chi connectivity index (χ0v) is 16.3. The van der Waals surface area contributed by atoms with E-state index in [1.165, 1.54) is 50.9 Å². The zero-order valence-electron chi connectivity index (χ0n) is 16.3. The highest BCUT2D eigenvalue weighted by Gasteiger charge is 2.18. The first-order valence-electron chi connectivity index (χ1n) is 9.77. The van der Waals surface area contributed by atoms with E-state index in [0.29, 0.717) is 5.96 Å². The number of unbranched alkanes of at least 4 members (excludes halogenated alkanes) is 1. The lowest BCUT2D eigenvalue weighted by Crippen LogP contribution is -2.45. The molecule has 25 heavy (non-hydrogen) atoms. The van der Waals surface area contributed by atoms with Crippen LogP contribution in [-0.4, -0.2) is 42.6 Å². The molecule has 1 aromatic rings. The number of likely N-dealkylation sites (tertiary alicyclic amines) is 1. The molecule has 0 unspecified atom stereocenters. The Hall–Kier alpha value is -1.55. The molecule has 0 saturated carbocycles. The lowest BCUT2D eigenvalue weighted by molar-refractivity contribution is 0.181. The van der Waals surface area contributed by atoms with Crippen molar-refractivity contribution in [1.82, 2.24) is 10.2 Å². The van der Waals surface area contributed by atoms with Gasteiger partial charge < -0.3 is 16.0 Å². The predicted octanol–water partition coefficient (Wildman–Crippen LogP) is 3.42. The van der Waals surface area contributed by atoms with E-state index in [1.807, 2.05) is 0 Å². The normalized spacial score (nSPS) is 17.6. The molecule has 4 heteroatoms. The van der Waals surface area contributed by atoms with E-state index in [4.69, 9.17) is 5.73 Å². The molecule has 3 N–H and O–H groups in total. The molecule has 0 aliphatic carbocycles. The molecule has 0 radical (unpaired) electrons. The van der Waals surface area contributed by atoms with Crippen molar-refractivity contribution in [2.75, 3.05) is 26.2 Å². The number of hydrogen-bond acceptors (Lipinski definition) is 2. The quantitative estimate of drug-likeness (QED) is 0.453. The third-order valence-corrected chi connectivity index (χ3v) is 4.74. The summed E-state index contributed by atoms with van der Waals surface area (Å²) in [6.07, 6.45) is 6.21. The molecule has 1 aliphatic heterocycles. The highest BCUT2D eigenvalue weighted by molar-refractivity contribution is 5.78. The van der Waals surface area contributed by atoms with E-state index in [1.54, 1.807) is 0 Å². The first kappa shape index (κ1) is 19.8. The van der Waals surface area contributed by atoms with Crippen LogP contribution in [0.25, 0.3) is 0 Å². The molecular formula is C21H36N4. The summed E-state index contributed by atoms with van der Waals surface area (Å²) in [5.41, 5.74) is 7.36. The van der Waals surface area contributed by atoms with Gasteiger partial charge in [-0.2, -0.15) is 0 Å². The van der Waals surface area contributed by atoms with Gasteiger partial charge in [-0.05, 0) is 84.0 Å². The van der Waals surface area contributed by atoms with Gasteiger partial charge in [0.2, 0.25) is 0 Å². The van der Waals surface area contributed by atoms with Gasteiger partial charge in [0.05, 0.1) is 0 Å². The number of hydrogen-bond donors (Lipinski definition) is 2. The number of nitrogens with one attached hydrogen (secondary N) is 1. The third-order valence-electron chi connectivity index (χ3n) is 4.74. The summed E-state index contributed by atoms with van der Waals surface area (Å²) in [5.74, 6) is 1.42. The smallest absolute Gasteiger partial charge is 0.188 e. The van der Waals surface area contributed by atoms with E-state index in [2.05, 4.69) is 66.3 Å². The Morgan fingerprint density at radius 1 is 1.16 bits per heavy atom. The summed E-state index contributed by atoms with van der Waals surface area (Å²) in [7, 11) is 0. The van der Waals surface area contributed by atoms with Crippen LogP contribution in [-0.2, 0) is 6.42 Å². The largest absolute Gasteiger partial charge is 0.370 e. The summed E-state index contributed by atoms with van der Waals surface area (Å²) in [6, 6.07) is 10.9. The maximum atomic E-state index is 5.89. The van der Waals surface area contributed by atoms with Crippen molar-refractivity contribution in [2.24, 2.45) is 16.6 Å². The minimum Gasteiger partial charge on any atom is -0.370 e. The second-order valence-corrected chi connectivity index (χ2v) is 8.32. The number of piperidine rings is 1. The molecule has 2 rings (SSSR count). The van der Waals surface area contributed by atoms with Gasteiger partial charge >= 0.3 is 0 Å². The van der Waals surface area contributed by atoms with Crippen molar-refractivity contribution in [3.05, 3.63) is 35.9 Å². The fourth-order valence-corrected chi connectivity index (χ4v) is 3.43. The molecule has 1 fully saturated rings. The minimum absolute atomic E-state index is 0.0162. The lowest BCUT2D eigenvalue weighted by Gasteiger charge is -2.32. The van der Waals surface area contributed by atoms with Gasteiger partial charge in [-0.15, -0.1) is 0 Å². The number of rotatable bonds is 7. The van der Waals surface area contributed by atoms with Crippen LogP contribution in [0, 0.1) is 5.92 Å². The van der Waals surface area contributed by atoms with Crippen molar-refractivity contribution >= 4 is 5.96 Å². The number of nitrogens with two attached hydrogens (primary N) is 1. The van der Waals surface area contributed by atoms with Crippen LogP contribution >= 0.6 is 0 Å². The molecular weight excluding hydrogens is 308 g/mol. The maximum Gasteiger partial charge on any atom is 0.188 e. The minimum atomic E-state index is -0.0162. The van der Waals surface area contributed by atoms with Crippen LogP contribution in [0.3, 0.4) is 0 Å². The van der Waals surface area contributed by atoms with Crippen LogP contribution in [0.1, 0.15) is 52.0 Å². The Bertz CT molecular complexity index is 510. The second kappa shape index (κ2) is 9.81. The van der Waals surface area contributed by atoms with Gasteiger partial charge in [0.15, 0.2) is 5.96 Å². The summed E-state index contributed by atoms with van der Waals surface area (Å²) < 4.78 is 0. The average molecular weight is 345 g/mol. The Labute approximate surface area is 153 Å². The monoisotopic (exact) mass is 344 g/mol. The zero-order chi connectivity index (χ0) is 18.1. The summed E-state index contributed by atoms with van der Waals surface area (Å²) in [6.45, 7) is 10.8. The summed E-state index contributed by atoms with van der Waals surface area (Å²) >= 11 is 0. The topological polar surface area (TPSA) is 53.6 Å². The van der Waals surface area contributed by atoms with Crippen LogP contribution in [0.2, 0.25) is 0 Å². The Kier molecular flexibility index (Phi) is 7.76. The van der Waals surface area contributed by atoms with Gasteiger partial charge in [-0.1, -0.05) is 30.3 Å². The SMILES string of the molecule is CC(C)(C)NC(N)=NCCCCN1CCC(Cc2ccccc2)CC1. The van der Waals surface area contributed by atoms with Gasteiger partial charge in [0, 0.05) is 12.1 Å². The highest BCUT2D eigenvalue weighted by Crippen LogP contribution is 2.21. The van der Waals surface area contributed by atoms with Gasteiger partial charge in [-0.3, -0.25) is 4.99 Å². The highest BCUT2D eigenvalue weighted by atomic mass is 15.1. The van der Waals surface area contributed by atoms with E-state index in [0.717, 1.165) is 18.9 Å². The number of guanidine groups is 1. The molecule has 0 atom stereocenters. The molecule has 1 saturated heterocycles. The first-order chi connectivity index (χ1) is 11.9. The summed E-state index contributed by atoms with van der Waals surface area (Å²) in [5, 5.41) is 3.20. The molecule has 1 aliphatic rings. The van der Waals surface area contributed by atoms with Crippen molar-refractivity contribution in [2.45, 2.75) is 58.4 Å². The molecule has 0 bridgehead atoms. The lowest BCUT2D eigenvalue weighted by atomic mass is 9.90. The molecule has 4 nitrogen and oxygen atoms in total. The van der Waals surface area contributed by atoms with Crippen molar-refractivity contribution in [1.29, 1.82) is 0 Å². The molecule has 0 aromatic heterocycles. The summed E-state index contributed by atoms with van der Waals surface area (Å²) in [4.78, 5) is 7.03. The fourth-order valence-electron chi connectivity index (χ4n) is 3.43. The number of benzene rings is 1. The van der Waals surface area contributed by atoms with Gasteiger partial charge in [0.25, 0.3) is 0 Å². The molecule has 0 amide bonds. The Balaban J connectivity index is 1.56. The fraction of sp³-hybridized carbons (Fsp3) is 0.667. The van der Waals surface area contributed by atoms with E-state index in [9.17, 15) is 0 Å². The van der Waals surface area contributed by atoms with Crippen LogP contribution < -0.4 is 11.1 Å². The Morgan fingerprint density at radius 3 is 2.48 bits per heavy atom. The van der Waals surface area contributed by atoms with Crippen LogP contribution in [0.4, 0.5) is 0 Å². The van der Waals surface area contributed by atoms with E-state index < -0.39 is 0 Å². The molecule has 1 heterocycles. The van der Waals surface area contributed by atoms with Crippen LogP contribution in [0.5, 0.6) is 0 Å². The number of aliphatic imine (C=N–C) groups is 1. The molecule has 1 aromatic carbocycles. The number of nitrogens with zero attached hydrogens (tertiary/aromatic N) is 2. The van der Waals surface area contributed by atoms with E-state index >= 15 is 0 Å². The van der Waals surface area contributed by atoms with Crippen molar-refractivity contribution in [3.63, 3.8) is 0 Å². The van der Waals surface area contributed by atoms with Crippen molar-refractivity contribution < 1.29 is 0 Å². The van der Waals surface area contributed by atoms with Gasteiger partial charge in [-0.25, -0.2) is 0 Å². The van der Waals surface area contributed by atoms with Crippen molar-refractivity contribution in [3.8, 4) is 0 Å². The molecule has 0 spiro atoms. The third kappa shape index (κ3) is 8.39. The second-order valence-electron chi connectivity index (χ2n) is 8.32. The predicted molar refractivity (Wildman–Crippen MR) is 108 cm³/mol. The Morgan fingerprint density at radius 2 is 1.84 bits per heavy atom. The average Bonchev–Trinajstić information content (AvgIpc) is 2.55.